The van der Waals surface area contributed by atoms with Gasteiger partial charge in [-0.15, -0.1) is 0 Å². The Morgan fingerprint density at radius 1 is 1.40 bits per heavy atom. The summed E-state index contributed by atoms with van der Waals surface area (Å²) in [6.07, 6.45) is 3.23. The molecule has 0 radical (unpaired) electrons. The van der Waals surface area contributed by atoms with Gasteiger partial charge in [-0.3, -0.25) is 4.79 Å². The van der Waals surface area contributed by atoms with Gasteiger partial charge in [0.2, 0.25) is 0 Å². The second-order valence-electron chi connectivity index (χ2n) is 5.31. The highest BCUT2D eigenvalue weighted by atomic mass is 16.5. The Bertz CT molecular complexity index is 483. The molecule has 0 aromatic heterocycles. The molecule has 2 N–H and O–H groups in total. The molecule has 0 saturated heterocycles. The fourth-order valence-electron chi connectivity index (χ4n) is 2.21. The molecule has 1 fully saturated rings. The van der Waals surface area contributed by atoms with Gasteiger partial charge in [0.15, 0.2) is 11.5 Å². The van der Waals surface area contributed by atoms with Gasteiger partial charge < -0.3 is 19.9 Å². The molecule has 1 aromatic carbocycles. The van der Waals surface area contributed by atoms with E-state index in [1.807, 2.05) is 0 Å². The average Bonchev–Trinajstić information content (AvgIpc) is 3.23. The minimum atomic E-state index is -0.174. The molecule has 20 heavy (non-hydrogen) atoms. The third-order valence-corrected chi connectivity index (χ3v) is 3.86. The van der Waals surface area contributed by atoms with Gasteiger partial charge in [-0.25, -0.2) is 0 Å². The van der Waals surface area contributed by atoms with Gasteiger partial charge in [0, 0.05) is 25.8 Å². The number of hydrogen-bond donors (Lipinski definition) is 2. The van der Waals surface area contributed by atoms with Crippen molar-refractivity contribution in [1.29, 1.82) is 0 Å². The Kier molecular flexibility index (Phi) is 4.49. The van der Waals surface area contributed by atoms with E-state index >= 15 is 0 Å². The Morgan fingerprint density at radius 2 is 2.15 bits per heavy atom. The number of benzene rings is 1. The Balaban J connectivity index is 1.90. The zero-order valence-corrected chi connectivity index (χ0v) is 11.9. The molecule has 0 bridgehead atoms. The van der Waals surface area contributed by atoms with Crippen LogP contribution >= 0.6 is 0 Å². The van der Waals surface area contributed by atoms with Crippen molar-refractivity contribution in [3.8, 4) is 11.5 Å². The molecule has 1 aliphatic carbocycles. The number of aromatic hydroxyl groups is 1. The van der Waals surface area contributed by atoms with Gasteiger partial charge in [-0.2, -0.15) is 0 Å². The first-order valence-corrected chi connectivity index (χ1v) is 6.74. The van der Waals surface area contributed by atoms with Gasteiger partial charge in [-0.05, 0) is 42.9 Å². The minimum Gasteiger partial charge on any atom is -0.504 e. The number of ether oxygens (including phenoxy) is 2. The number of phenols is 1. The quantitative estimate of drug-likeness (QED) is 0.800. The molecule has 1 aromatic rings. The van der Waals surface area contributed by atoms with Crippen LogP contribution in [-0.2, 0) is 4.74 Å². The standard InChI is InChI=1S/C15H21NO4/c1-19-8-7-15(5-6-15)10-16-14(18)11-3-4-13(20-2)12(17)9-11/h3-4,9,17H,5-8,10H2,1-2H3,(H,16,18). The summed E-state index contributed by atoms with van der Waals surface area (Å²) in [7, 11) is 3.16. The lowest BCUT2D eigenvalue weighted by atomic mass is 10.0. The normalized spacial score (nSPS) is 15.7. The van der Waals surface area contributed by atoms with Crippen molar-refractivity contribution >= 4 is 5.91 Å². The SMILES string of the molecule is COCCC1(CNC(=O)c2ccc(OC)c(O)c2)CC1. The van der Waals surface area contributed by atoms with Crippen molar-refractivity contribution in [3.63, 3.8) is 0 Å². The molecule has 1 aliphatic rings. The summed E-state index contributed by atoms with van der Waals surface area (Å²) in [5.74, 6) is 0.160. The van der Waals surface area contributed by atoms with Crippen LogP contribution in [0.1, 0.15) is 29.6 Å². The van der Waals surface area contributed by atoms with Crippen LogP contribution in [0.3, 0.4) is 0 Å². The zero-order chi connectivity index (χ0) is 14.6. The van der Waals surface area contributed by atoms with Crippen LogP contribution in [-0.4, -0.2) is 38.4 Å². The third-order valence-electron chi connectivity index (χ3n) is 3.86. The highest BCUT2D eigenvalue weighted by Gasteiger charge is 2.42. The largest absolute Gasteiger partial charge is 0.504 e. The zero-order valence-electron chi connectivity index (χ0n) is 11.9. The maximum Gasteiger partial charge on any atom is 0.251 e. The van der Waals surface area contributed by atoms with Crippen LogP contribution < -0.4 is 10.1 Å². The highest BCUT2D eigenvalue weighted by molar-refractivity contribution is 5.94. The second-order valence-corrected chi connectivity index (χ2v) is 5.31. The van der Waals surface area contributed by atoms with E-state index in [1.54, 1.807) is 19.2 Å². The molecule has 5 nitrogen and oxygen atoms in total. The number of phenolic OH excluding ortho intramolecular Hbond substituents is 1. The van der Waals surface area contributed by atoms with Crippen LogP contribution in [0.4, 0.5) is 0 Å². The van der Waals surface area contributed by atoms with Gasteiger partial charge in [-0.1, -0.05) is 0 Å². The van der Waals surface area contributed by atoms with E-state index in [-0.39, 0.29) is 17.1 Å². The number of rotatable bonds is 7. The van der Waals surface area contributed by atoms with Crippen molar-refractivity contribution in [2.75, 3.05) is 27.4 Å². The molecule has 0 spiro atoms. The average molecular weight is 279 g/mol. The molecule has 110 valence electrons. The first-order valence-electron chi connectivity index (χ1n) is 6.74. The summed E-state index contributed by atoms with van der Waals surface area (Å²) in [4.78, 5) is 12.1. The lowest BCUT2D eigenvalue weighted by molar-refractivity contribution is 0.0937. The summed E-state index contributed by atoms with van der Waals surface area (Å²) in [5, 5.41) is 12.6. The Morgan fingerprint density at radius 3 is 2.70 bits per heavy atom. The maximum absolute atomic E-state index is 12.1. The molecule has 0 unspecified atom stereocenters. The van der Waals surface area contributed by atoms with E-state index < -0.39 is 0 Å². The topological polar surface area (TPSA) is 67.8 Å². The summed E-state index contributed by atoms with van der Waals surface area (Å²) in [6.45, 7) is 1.38. The molecule has 0 heterocycles. The number of amides is 1. The molecule has 1 amide bonds. The second kappa shape index (κ2) is 6.13. The number of hydrogen-bond acceptors (Lipinski definition) is 4. The third kappa shape index (κ3) is 3.42. The Labute approximate surface area is 118 Å². The van der Waals surface area contributed by atoms with E-state index in [4.69, 9.17) is 9.47 Å². The van der Waals surface area contributed by atoms with Crippen LogP contribution in [0.5, 0.6) is 11.5 Å². The van der Waals surface area contributed by atoms with E-state index in [0.717, 1.165) is 25.9 Å². The summed E-state index contributed by atoms with van der Waals surface area (Å²) < 4.78 is 10.0. The van der Waals surface area contributed by atoms with Crippen LogP contribution in [0.15, 0.2) is 18.2 Å². The summed E-state index contributed by atoms with van der Waals surface area (Å²) >= 11 is 0. The van der Waals surface area contributed by atoms with Crippen molar-refractivity contribution in [2.45, 2.75) is 19.3 Å². The molecule has 0 atom stereocenters. The summed E-state index contributed by atoms with van der Waals surface area (Å²) in [6, 6.07) is 4.65. The highest BCUT2D eigenvalue weighted by Crippen LogP contribution is 2.48. The molecular formula is C15H21NO4. The fourth-order valence-corrected chi connectivity index (χ4v) is 2.21. The smallest absolute Gasteiger partial charge is 0.251 e. The molecular weight excluding hydrogens is 258 g/mol. The maximum atomic E-state index is 12.1. The van der Waals surface area contributed by atoms with Gasteiger partial charge in [0.25, 0.3) is 5.91 Å². The Hall–Kier alpha value is -1.75. The van der Waals surface area contributed by atoms with Gasteiger partial charge in [0.1, 0.15) is 0 Å². The number of carbonyl (C=O) groups excluding carboxylic acids is 1. The monoisotopic (exact) mass is 279 g/mol. The molecule has 1 saturated carbocycles. The number of nitrogens with one attached hydrogen (secondary N) is 1. The van der Waals surface area contributed by atoms with Crippen LogP contribution in [0, 0.1) is 5.41 Å². The fraction of sp³-hybridized carbons (Fsp3) is 0.533. The predicted octanol–water partition coefficient (Wildman–Crippen LogP) is 1.95. The molecule has 2 rings (SSSR count). The van der Waals surface area contributed by atoms with Crippen molar-refractivity contribution in [1.82, 2.24) is 5.32 Å². The summed E-state index contributed by atoms with van der Waals surface area (Å²) in [5.41, 5.74) is 0.644. The number of carbonyl (C=O) groups is 1. The first kappa shape index (κ1) is 14.7. The van der Waals surface area contributed by atoms with Crippen LogP contribution in [0.25, 0.3) is 0 Å². The van der Waals surface area contributed by atoms with Crippen LogP contribution in [0.2, 0.25) is 0 Å². The van der Waals surface area contributed by atoms with E-state index in [0.29, 0.717) is 17.9 Å². The minimum absolute atomic E-state index is 0.0272. The lowest BCUT2D eigenvalue weighted by Gasteiger charge is -2.15. The number of methoxy groups -OCH3 is 2. The van der Waals surface area contributed by atoms with E-state index in [9.17, 15) is 9.90 Å². The lowest BCUT2D eigenvalue weighted by Crippen LogP contribution is -2.30. The van der Waals surface area contributed by atoms with Crippen molar-refractivity contribution < 1.29 is 19.4 Å². The van der Waals surface area contributed by atoms with Gasteiger partial charge >= 0.3 is 0 Å². The van der Waals surface area contributed by atoms with E-state index in [2.05, 4.69) is 5.32 Å². The van der Waals surface area contributed by atoms with Gasteiger partial charge in [0.05, 0.1) is 7.11 Å². The van der Waals surface area contributed by atoms with Crippen molar-refractivity contribution in [2.24, 2.45) is 5.41 Å². The molecule has 5 heteroatoms. The van der Waals surface area contributed by atoms with E-state index in [1.165, 1.54) is 13.2 Å². The van der Waals surface area contributed by atoms with Crippen molar-refractivity contribution in [3.05, 3.63) is 23.8 Å². The first-order chi connectivity index (χ1) is 9.60. The predicted molar refractivity (Wildman–Crippen MR) is 75.2 cm³/mol. The molecule has 0 aliphatic heterocycles.